The molecule has 0 N–H and O–H groups in total. The third-order valence-corrected chi connectivity index (χ3v) is 3.34. The van der Waals surface area contributed by atoms with E-state index in [1.807, 2.05) is 0 Å². The number of hydrogen-bond donors (Lipinski definition) is 0. The summed E-state index contributed by atoms with van der Waals surface area (Å²) in [5, 5.41) is 4.25. The SMILES string of the molecule is CC(C)C1CC1.FC(F)(F)Cn1ncc2cnccc21. The van der Waals surface area contributed by atoms with Crippen molar-refractivity contribution in [2.45, 2.75) is 39.4 Å². The van der Waals surface area contributed by atoms with Crippen LogP contribution in [0, 0.1) is 11.8 Å². The van der Waals surface area contributed by atoms with E-state index in [-0.39, 0.29) is 0 Å². The fourth-order valence-corrected chi connectivity index (χ4v) is 1.99. The molecular formula is C14H18F3N3. The van der Waals surface area contributed by atoms with Crippen LogP contribution in [0.25, 0.3) is 10.9 Å². The van der Waals surface area contributed by atoms with Crippen molar-refractivity contribution < 1.29 is 13.2 Å². The summed E-state index contributed by atoms with van der Waals surface area (Å²) in [4.78, 5) is 3.79. The van der Waals surface area contributed by atoms with E-state index in [0.717, 1.165) is 16.5 Å². The maximum Gasteiger partial charge on any atom is 0.408 e. The van der Waals surface area contributed by atoms with Crippen LogP contribution < -0.4 is 0 Å². The molecular weight excluding hydrogens is 267 g/mol. The van der Waals surface area contributed by atoms with Gasteiger partial charge in [0.05, 0.1) is 11.7 Å². The van der Waals surface area contributed by atoms with Crippen LogP contribution in [0.4, 0.5) is 13.2 Å². The highest BCUT2D eigenvalue weighted by Crippen LogP contribution is 2.35. The molecule has 2 aromatic rings. The second-order valence-corrected chi connectivity index (χ2v) is 5.43. The van der Waals surface area contributed by atoms with Gasteiger partial charge in [0.25, 0.3) is 0 Å². The number of hydrogen-bond acceptors (Lipinski definition) is 2. The molecule has 1 fully saturated rings. The van der Waals surface area contributed by atoms with Crippen molar-refractivity contribution in [3.8, 4) is 0 Å². The Labute approximate surface area is 115 Å². The van der Waals surface area contributed by atoms with Gasteiger partial charge < -0.3 is 0 Å². The smallest absolute Gasteiger partial charge is 0.264 e. The molecule has 3 nitrogen and oxygen atoms in total. The van der Waals surface area contributed by atoms with E-state index in [1.165, 1.54) is 37.5 Å². The molecule has 0 aliphatic heterocycles. The van der Waals surface area contributed by atoms with Crippen molar-refractivity contribution in [2.75, 3.05) is 0 Å². The zero-order valence-electron chi connectivity index (χ0n) is 11.6. The highest BCUT2D eigenvalue weighted by molar-refractivity contribution is 5.77. The molecule has 0 unspecified atom stereocenters. The first-order valence-electron chi connectivity index (χ1n) is 6.69. The van der Waals surface area contributed by atoms with Gasteiger partial charge in [-0.3, -0.25) is 9.67 Å². The Kier molecular flexibility index (Phi) is 4.30. The molecule has 0 spiro atoms. The van der Waals surface area contributed by atoms with Gasteiger partial charge >= 0.3 is 6.18 Å². The Hall–Kier alpha value is -1.59. The molecule has 20 heavy (non-hydrogen) atoms. The van der Waals surface area contributed by atoms with Crippen molar-refractivity contribution in [3.63, 3.8) is 0 Å². The summed E-state index contributed by atoms with van der Waals surface area (Å²) in [6, 6.07) is 1.51. The van der Waals surface area contributed by atoms with Crippen LogP contribution >= 0.6 is 0 Å². The van der Waals surface area contributed by atoms with Crippen LogP contribution in [0.1, 0.15) is 26.7 Å². The first-order valence-corrected chi connectivity index (χ1v) is 6.69. The average molecular weight is 285 g/mol. The first kappa shape index (κ1) is 14.8. The molecule has 2 heterocycles. The quantitative estimate of drug-likeness (QED) is 0.833. The Morgan fingerprint density at radius 1 is 1.30 bits per heavy atom. The third-order valence-electron chi connectivity index (χ3n) is 3.34. The van der Waals surface area contributed by atoms with Gasteiger partial charge in [-0.25, -0.2) is 0 Å². The number of nitrogens with zero attached hydrogens (tertiary/aromatic N) is 3. The van der Waals surface area contributed by atoms with Gasteiger partial charge in [-0.15, -0.1) is 0 Å². The number of rotatable bonds is 2. The van der Waals surface area contributed by atoms with E-state index >= 15 is 0 Å². The minimum Gasteiger partial charge on any atom is -0.264 e. The molecule has 6 heteroatoms. The maximum atomic E-state index is 12.1. The number of fused-ring (bicyclic) bond motifs is 1. The summed E-state index contributed by atoms with van der Waals surface area (Å²) < 4.78 is 37.1. The van der Waals surface area contributed by atoms with E-state index in [9.17, 15) is 13.2 Å². The fraction of sp³-hybridized carbons (Fsp3) is 0.571. The second kappa shape index (κ2) is 5.81. The van der Waals surface area contributed by atoms with Gasteiger partial charge in [0.1, 0.15) is 6.54 Å². The van der Waals surface area contributed by atoms with Crippen molar-refractivity contribution in [1.29, 1.82) is 0 Å². The van der Waals surface area contributed by atoms with Crippen LogP contribution in [0.15, 0.2) is 24.7 Å². The van der Waals surface area contributed by atoms with Crippen LogP contribution in [0.3, 0.4) is 0 Å². The topological polar surface area (TPSA) is 30.7 Å². The molecule has 2 aromatic heterocycles. The molecule has 1 aliphatic rings. The zero-order chi connectivity index (χ0) is 14.8. The minimum absolute atomic E-state index is 0.442. The van der Waals surface area contributed by atoms with Gasteiger partial charge in [0.15, 0.2) is 0 Å². The normalized spacial score (nSPS) is 15.3. The maximum absolute atomic E-state index is 12.1. The fourth-order valence-electron chi connectivity index (χ4n) is 1.99. The molecule has 3 rings (SSSR count). The van der Waals surface area contributed by atoms with E-state index in [0.29, 0.717) is 10.9 Å². The number of halogens is 3. The van der Waals surface area contributed by atoms with Crippen LogP contribution in [-0.2, 0) is 6.54 Å². The van der Waals surface area contributed by atoms with E-state index in [4.69, 9.17) is 0 Å². The van der Waals surface area contributed by atoms with E-state index in [1.54, 1.807) is 0 Å². The van der Waals surface area contributed by atoms with Crippen molar-refractivity contribution >= 4 is 10.9 Å². The standard InChI is InChI=1S/C8H6F3N3.C6H12/c9-8(10,11)5-14-7-1-2-12-3-6(7)4-13-14;1-5(2)6-3-4-6/h1-4H,5H2;5-6H,3-4H2,1-2H3. The van der Waals surface area contributed by atoms with E-state index in [2.05, 4.69) is 23.9 Å². The lowest BCUT2D eigenvalue weighted by Gasteiger charge is -2.06. The Bertz CT molecular complexity index is 556. The third kappa shape index (κ3) is 4.21. The summed E-state index contributed by atoms with van der Waals surface area (Å²) in [6.07, 6.45) is 3.04. The van der Waals surface area contributed by atoms with Crippen LogP contribution in [0.5, 0.6) is 0 Å². The molecule has 0 amide bonds. The van der Waals surface area contributed by atoms with E-state index < -0.39 is 12.7 Å². The summed E-state index contributed by atoms with van der Waals surface area (Å²) in [6.45, 7) is 3.54. The zero-order valence-corrected chi connectivity index (χ0v) is 11.6. The Morgan fingerprint density at radius 2 is 2.00 bits per heavy atom. The van der Waals surface area contributed by atoms with Gasteiger partial charge in [-0.05, 0) is 30.7 Å². The number of alkyl halides is 3. The van der Waals surface area contributed by atoms with Crippen molar-refractivity contribution in [2.24, 2.45) is 11.8 Å². The first-order chi connectivity index (χ1) is 9.37. The molecule has 0 atom stereocenters. The average Bonchev–Trinajstić information content (AvgIpc) is 3.14. The summed E-state index contributed by atoms with van der Waals surface area (Å²) in [5.74, 6) is 2.06. The summed E-state index contributed by atoms with van der Waals surface area (Å²) in [7, 11) is 0. The summed E-state index contributed by atoms with van der Waals surface area (Å²) >= 11 is 0. The van der Waals surface area contributed by atoms with Crippen molar-refractivity contribution in [1.82, 2.24) is 14.8 Å². The Morgan fingerprint density at radius 3 is 2.50 bits per heavy atom. The lowest BCUT2D eigenvalue weighted by Crippen LogP contribution is -2.18. The largest absolute Gasteiger partial charge is 0.408 e. The van der Waals surface area contributed by atoms with Gasteiger partial charge in [-0.1, -0.05) is 13.8 Å². The van der Waals surface area contributed by atoms with Gasteiger partial charge in [0, 0.05) is 17.8 Å². The molecule has 0 bridgehead atoms. The second-order valence-electron chi connectivity index (χ2n) is 5.43. The Balaban J connectivity index is 0.000000205. The molecule has 1 saturated carbocycles. The molecule has 0 saturated heterocycles. The molecule has 0 radical (unpaired) electrons. The van der Waals surface area contributed by atoms with Crippen LogP contribution in [-0.4, -0.2) is 20.9 Å². The van der Waals surface area contributed by atoms with Gasteiger partial charge in [-0.2, -0.15) is 18.3 Å². The monoisotopic (exact) mass is 285 g/mol. The highest BCUT2D eigenvalue weighted by atomic mass is 19.4. The molecule has 0 aromatic carbocycles. The summed E-state index contributed by atoms with van der Waals surface area (Å²) in [5.41, 5.74) is 0.442. The minimum atomic E-state index is -4.25. The highest BCUT2D eigenvalue weighted by Gasteiger charge is 2.29. The lowest BCUT2D eigenvalue weighted by atomic mass is 10.1. The molecule has 110 valence electrons. The van der Waals surface area contributed by atoms with Crippen LogP contribution in [0.2, 0.25) is 0 Å². The lowest BCUT2D eigenvalue weighted by molar-refractivity contribution is -0.141. The predicted molar refractivity (Wildman–Crippen MR) is 71.1 cm³/mol. The van der Waals surface area contributed by atoms with Crippen molar-refractivity contribution in [3.05, 3.63) is 24.7 Å². The number of aromatic nitrogens is 3. The predicted octanol–water partition coefficient (Wildman–Crippen LogP) is 4.05. The molecule has 1 aliphatic carbocycles. The van der Waals surface area contributed by atoms with Gasteiger partial charge in [0.2, 0.25) is 0 Å². The number of pyridine rings is 1.